The van der Waals surface area contributed by atoms with Gasteiger partial charge in [-0.15, -0.1) is 0 Å². The van der Waals surface area contributed by atoms with E-state index in [1.807, 2.05) is 44.2 Å². The highest BCUT2D eigenvalue weighted by Crippen LogP contribution is 2.21. The van der Waals surface area contributed by atoms with Gasteiger partial charge in [0.05, 0.1) is 0 Å². The monoisotopic (exact) mass is 380 g/mol. The Morgan fingerprint density at radius 1 is 1.09 bits per heavy atom. The average Bonchev–Trinajstić information content (AvgIpc) is 2.44. The number of carbonyl (C=O) groups is 1. The lowest BCUT2D eigenvalue weighted by atomic mass is 10.2. The largest absolute Gasteiger partial charge is 0.384 e. The van der Waals surface area contributed by atoms with Crippen molar-refractivity contribution in [2.24, 2.45) is 0 Å². The molecule has 0 fully saturated rings. The number of anilines is 2. The minimum Gasteiger partial charge on any atom is -0.384 e. The standard InChI is InChI=1S/C17H18BrClN2O/c1-11-9-13(18)3-5-15(11)20-8-7-17(22)21-16-6-4-14(19)10-12(16)2/h3-6,9-10,20H,7-8H2,1-2H3,(H,21,22). The average molecular weight is 382 g/mol. The molecule has 0 unspecified atom stereocenters. The minimum atomic E-state index is -0.0207. The number of amides is 1. The lowest BCUT2D eigenvalue weighted by Gasteiger charge is -2.11. The first-order chi connectivity index (χ1) is 10.5. The zero-order valence-electron chi connectivity index (χ0n) is 12.5. The van der Waals surface area contributed by atoms with Gasteiger partial charge in [0, 0.05) is 33.8 Å². The molecule has 0 bridgehead atoms. The van der Waals surface area contributed by atoms with Crippen LogP contribution in [0.4, 0.5) is 11.4 Å². The van der Waals surface area contributed by atoms with Gasteiger partial charge in [-0.25, -0.2) is 0 Å². The number of benzene rings is 2. The van der Waals surface area contributed by atoms with Crippen molar-refractivity contribution in [3.63, 3.8) is 0 Å². The topological polar surface area (TPSA) is 41.1 Å². The molecule has 1 amide bonds. The van der Waals surface area contributed by atoms with Gasteiger partial charge < -0.3 is 10.6 Å². The van der Waals surface area contributed by atoms with Crippen LogP contribution in [0.1, 0.15) is 17.5 Å². The van der Waals surface area contributed by atoms with Crippen molar-refractivity contribution in [1.29, 1.82) is 0 Å². The van der Waals surface area contributed by atoms with Crippen molar-refractivity contribution < 1.29 is 4.79 Å². The Hall–Kier alpha value is -1.52. The van der Waals surface area contributed by atoms with Crippen LogP contribution in [-0.4, -0.2) is 12.5 Å². The quantitative estimate of drug-likeness (QED) is 0.751. The molecule has 2 N–H and O–H groups in total. The van der Waals surface area contributed by atoms with Crippen molar-refractivity contribution in [2.45, 2.75) is 20.3 Å². The molecule has 0 aromatic heterocycles. The number of rotatable bonds is 5. The van der Waals surface area contributed by atoms with Gasteiger partial charge in [-0.2, -0.15) is 0 Å². The highest BCUT2D eigenvalue weighted by molar-refractivity contribution is 9.10. The van der Waals surface area contributed by atoms with Crippen molar-refractivity contribution in [3.05, 3.63) is 57.0 Å². The lowest BCUT2D eigenvalue weighted by Crippen LogP contribution is -2.17. The Morgan fingerprint density at radius 2 is 1.77 bits per heavy atom. The first kappa shape index (κ1) is 16.8. The predicted molar refractivity (Wildman–Crippen MR) is 96.8 cm³/mol. The second-order valence-corrected chi connectivity index (χ2v) is 6.50. The summed E-state index contributed by atoms with van der Waals surface area (Å²) in [7, 11) is 0. The first-order valence-electron chi connectivity index (χ1n) is 7.02. The van der Waals surface area contributed by atoms with E-state index >= 15 is 0 Å². The van der Waals surface area contributed by atoms with E-state index in [0.717, 1.165) is 27.0 Å². The third kappa shape index (κ3) is 4.75. The summed E-state index contributed by atoms with van der Waals surface area (Å²) in [4.78, 5) is 12.0. The summed E-state index contributed by atoms with van der Waals surface area (Å²) < 4.78 is 1.05. The SMILES string of the molecule is Cc1cc(Br)ccc1NCCC(=O)Nc1ccc(Cl)cc1C. The van der Waals surface area contributed by atoms with Gasteiger partial charge in [-0.1, -0.05) is 27.5 Å². The van der Waals surface area contributed by atoms with E-state index in [1.54, 1.807) is 6.07 Å². The molecule has 0 aliphatic rings. The molecule has 0 aliphatic carbocycles. The van der Waals surface area contributed by atoms with Gasteiger partial charge in [-0.05, 0) is 61.4 Å². The Balaban J connectivity index is 1.85. The summed E-state index contributed by atoms with van der Waals surface area (Å²) in [6.45, 7) is 4.54. The molecule has 22 heavy (non-hydrogen) atoms. The molecule has 0 atom stereocenters. The molecule has 0 saturated carbocycles. The maximum atomic E-state index is 12.0. The molecule has 0 aliphatic heterocycles. The highest BCUT2D eigenvalue weighted by Gasteiger charge is 2.06. The fourth-order valence-electron chi connectivity index (χ4n) is 2.12. The van der Waals surface area contributed by atoms with Gasteiger partial charge >= 0.3 is 0 Å². The molecule has 3 nitrogen and oxygen atoms in total. The van der Waals surface area contributed by atoms with Crippen LogP contribution in [0.25, 0.3) is 0 Å². The number of hydrogen-bond acceptors (Lipinski definition) is 2. The van der Waals surface area contributed by atoms with E-state index in [9.17, 15) is 4.79 Å². The van der Waals surface area contributed by atoms with Crippen LogP contribution >= 0.6 is 27.5 Å². The zero-order valence-corrected chi connectivity index (χ0v) is 14.9. The fraction of sp³-hybridized carbons (Fsp3) is 0.235. The molecule has 2 rings (SSSR count). The molecule has 0 radical (unpaired) electrons. The molecule has 5 heteroatoms. The number of carbonyl (C=O) groups excluding carboxylic acids is 1. The summed E-state index contributed by atoms with van der Waals surface area (Å²) in [6, 6.07) is 11.4. The molecule has 0 saturated heterocycles. The van der Waals surface area contributed by atoms with Gasteiger partial charge in [0.25, 0.3) is 0 Å². The third-order valence-corrected chi connectivity index (χ3v) is 4.05. The molecular weight excluding hydrogens is 364 g/mol. The van der Waals surface area contributed by atoms with E-state index in [4.69, 9.17) is 11.6 Å². The molecule has 116 valence electrons. The van der Waals surface area contributed by atoms with Crippen molar-refractivity contribution in [1.82, 2.24) is 0 Å². The summed E-state index contributed by atoms with van der Waals surface area (Å²) in [5.74, 6) is -0.0207. The Bertz CT molecular complexity index is 688. The number of aryl methyl sites for hydroxylation is 2. The van der Waals surface area contributed by atoms with Crippen LogP contribution < -0.4 is 10.6 Å². The normalized spacial score (nSPS) is 10.4. The molecule has 0 spiro atoms. The third-order valence-electron chi connectivity index (χ3n) is 3.32. The molecule has 0 heterocycles. The van der Waals surface area contributed by atoms with E-state index in [0.29, 0.717) is 18.0 Å². The van der Waals surface area contributed by atoms with Crippen LogP contribution in [0.2, 0.25) is 5.02 Å². The van der Waals surface area contributed by atoms with Gasteiger partial charge in [-0.3, -0.25) is 4.79 Å². The van der Waals surface area contributed by atoms with E-state index in [2.05, 4.69) is 26.6 Å². The number of halogens is 2. The van der Waals surface area contributed by atoms with Crippen LogP contribution in [0.15, 0.2) is 40.9 Å². The van der Waals surface area contributed by atoms with Crippen molar-refractivity contribution in [3.8, 4) is 0 Å². The molecular formula is C17H18BrClN2O. The number of nitrogens with one attached hydrogen (secondary N) is 2. The zero-order chi connectivity index (χ0) is 16.1. The van der Waals surface area contributed by atoms with E-state index in [-0.39, 0.29) is 5.91 Å². The summed E-state index contributed by atoms with van der Waals surface area (Å²) in [5.41, 5.74) is 3.94. The Kier molecular flexibility index (Phi) is 5.86. The molecule has 2 aromatic rings. The second-order valence-electron chi connectivity index (χ2n) is 5.14. The maximum absolute atomic E-state index is 12.0. The second kappa shape index (κ2) is 7.65. The molecule has 2 aromatic carbocycles. The minimum absolute atomic E-state index is 0.0207. The van der Waals surface area contributed by atoms with E-state index in [1.165, 1.54) is 0 Å². The Morgan fingerprint density at radius 3 is 2.45 bits per heavy atom. The summed E-state index contributed by atoms with van der Waals surface area (Å²) in [6.07, 6.45) is 0.400. The van der Waals surface area contributed by atoms with E-state index < -0.39 is 0 Å². The fourth-order valence-corrected chi connectivity index (χ4v) is 2.82. The van der Waals surface area contributed by atoms with Crippen molar-refractivity contribution in [2.75, 3.05) is 17.2 Å². The van der Waals surface area contributed by atoms with Gasteiger partial charge in [0.2, 0.25) is 5.91 Å². The van der Waals surface area contributed by atoms with Crippen LogP contribution in [0.3, 0.4) is 0 Å². The maximum Gasteiger partial charge on any atom is 0.226 e. The van der Waals surface area contributed by atoms with Gasteiger partial charge in [0.1, 0.15) is 0 Å². The van der Waals surface area contributed by atoms with Crippen LogP contribution in [0.5, 0.6) is 0 Å². The Labute approximate surface area is 144 Å². The number of hydrogen-bond donors (Lipinski definition) is 2. The highest BCUT2D eigenvalue weighted by atomic mass is 79.9. The lowest BCUT2D eigenvalue weighted by molar-refractivity contribution is -0.115. The van der Waals surface area contributed by atoms with Crippen molar-refractivity contribution >= 4 is 44.8 Å². The summed E-state index contributed by atoms with van der Waals surface area (Å²) in [5, 5.41) is 6.85. The first-order valence-corrected chi connectivity index (χ1v) is 8.19. The smallest absolute Gasteiger partial charge is 0.226 e. The van der Waals surface area contributed by atoms with Crippen LogP contribution in [-0.2, 0) is 4.79 Å². The summed E-state index contributed by atoms with van der Waals surface area (Å²) >= 11 is 9.34. The van der Waals surface area contributed by atoms with Gasteiger partial charge in [0.15, 0.2) is 0 Å². The van der Waals surface area contributed by atoms with Crippen LogP contribution in [0, 0.1) is 13.8 Å². The predicted octanol–water partition coefficient (Wildman–Crippen LogP) is 5.16.